The van der Waals surface area contributed by atoms with Crippen LogP contribution in [0.15, 0.2) is 54.6 Å². The molecule has 0 aliphatic rings. The fourth-order valence-electron chi connectivity index (χ4n) is 2.22. The molecule has 0 spiro atoms. The maximum atomic E-state index is 13.6. The molecule has 0 saturated carbocycles. The summed E-state index contributed by atoms with van der Waals surface area (Å²) in [6.45, 7) is 0.150. The van der Waals surface area contributed by atoms with Crippen molar-refractivity contribution in [3.8, 4) is 5.75 Å². The van der Waals surface area contributed by atoms with Gasteiger partial charge in [-0.25, -0.2) is 4.39 Å². The first kappa shape index (κ1) is 19.4. The van der Waals surface area contributed by atoms with Crippen LogP contribution in [-0.4, -0.2) is 37.0 Å². The molecule has 2 aromatic carbocycles. The van der Waals surface area contributed by atoms with E-state index in [0.29, 0.717) is 18.6 Å². The van der Waals surface area contributed by atoms with Crippen molar-refractivity contribution in [3.63, 3.8) is 0 Å². The zero-order valence-electron chi connectivity index (χ0n) is 14.7. The normalized spacial score (nSPS) is 10.2. The van der Waals surface area contributed by atoms with Crippen molar-refractivity contribution >= 4 is 11.9 Å². The lowest BCUT2D eigenvalue weighted by molar-refractivity contribution is -0.151. The Balaban J connectivity index is 1.63. The van der Waals surface area contributed by atoms with E-state index < -0.39 is 5.97 Å². The zero-order chi connectivity index (χ0) is 18.8. The minimum atomic E-state index is -0.464. The standard InChI is InChI=1S/C20H22FNO4/c1-22(14-16-8-5-6-11-18(16)21)19(23)15-26-20(24)12-7-13-25-17-9-3-2-4-10-17/h2-6,8-11H,7,12-15H2,1H3. The molecule has 0 saturated heterocycles. The summed E-state index contributed by atoms with van der Waals surface area (Å²) >= 11 is 0. The monoisotopic (exact) mass is 359 g/mol. The largest absolute Gasteiger partial charge is 0.494 e. The minimum Gasteiger partial charge on any atom is -0.494 e. The number of nitrogens with zero attached hydrogens (tertiary/aromatic N) is 1. The van der Waals surface area contributed by atoms with Crippen molar-refractivity contribution in [2.75, 3.05) is 20.3 Å². The van der Waals surface area contributed by atoms with E-state index in [1.807, 2.05) is 30.3 Å². The molecule has 0 heterocycles. The fourth-order valence-corrected chi connectivity index (χ4v) is 2.22. The van der Waals surface area contributed by atoms with Crippen LogP contribution in [0.25, 0.3) is 0 Å². The average Bonchev–Trinajstić information content (AvgIpc) is 2.66. The van der Waals surface area contributed by atoms with Gasteiger partial charge < -0.3 is 14.4 Å². The maximum Gasteiger partial charge on any atom is 0.306 e. The summed E-state index contributed by atoms with van der Waals surface area (Å²) in [6.07, 6.45) is 0.657. The van der Waals surface area contributed by atoms with Crippen LogP contribution in [0.5, 0.6) is 5.75 Å². The van der Waals surface area contributed by atoms with Crippen molar-refractivity contribution in [2.24, 2.45) is 0 Å². The molecule has 0 bridgehead atoms. The third-order valence-corrected chi connectivity index (χ3v) is 3.68. The van der Waals surface area contributed by atoms with Crippen molar-refractivity contribution in [2.45, 2.75) is 19.4 Å². The molecule has 1 amide bonds. The van der Waals surface area contributed by atoms with Crippen LogP contribution in [0, 0.1) is 5.82 Å². The molecule has 0 unspecified atom stereocenters. The molecule has 0 atom stereocenters. The SMILES string of the molecule is CN(Cc1ccccc1F)C(=O)COC(=O)CCCOc1ccccc1. The van der Waals surface area contributed by atoms with Crippen molar-refractivity contribution < 1.29 is 23.5 Å². The molecule has 0 aliphatic carbocycles. The summed E-state index contributed by atoms with van der Waals surface area (Å²) in [5, 5.41) is 0. The highest BCUT2D eigenvalue weighted by molar-refractivity contribution is 5.80. The molecule has 0 aliphatic heterocycles. The van der Waals surface area contributed by atoms with Gasteiger partial charge in [0.05, 0.1) is 6.61 Å². The highest BCUT2D eigenvalue weighted by atomic mass is 19.1. The second kappa shape index (κ2) is 10.2. The molecule has 138 valence electrons. The van der Waals surface area contributed by atoms with E-state index >= 15 is 0 Å². The predicted octanol–water partition coefficient (Wildman–Crippen LogP) is 3.19. The second-order valence-electron chi connectivity index (χ2n) is 5.77. The Labute approximate surface area is 152 Å². The highest BCUT2D eigenvalue weighted by Gasteiger charge is 2.14. The van der Waals surface area contributed by atoms with Gasteiger partial charge in [-0.3, -0.25) is 9.59 Å². The maximum absolute atomic E-state index is 13.6. The van der Waals surface area contributed by atoms with Crippen molar-refractivity contribution in [3.05, 3.63) is 66.0 Å². The van der Waals surface area contributed by atoms with Gasteiger partial charge in [0.25, 0.3) is 5.91 Å². The Morgan fingerprint density at radius 3 is 2.46 bits per heavy atom. The fraction of sp³-hybridized carbons (Fsp3) is 0.300. The molecular weight excluding hydrogens is 337 g/mol. The van der Waals surface area contributed by atoms with E-state index in [-0.39, 0.29) is 31.3 Å². The van der Waals surface area contributed by atoms with Gasteiger partial charge >= 0.3 is 5.97 Å². The number of likely N-dealkylation sites (N-methyl/N-ethyl adjacent to an activating group) is 1. The number of esters is 1. The summed E-state index contributed by atoms with van der Waals surface area (Å²) in [6, 6.07) is 15.5. The Hall–Kier alpha value is -2.89. The number of amides is 1. The smallest absolute Gasteiger partial charge is 0.306 e. The predicted molar refractivity (Wildman–Crippen MR) is 95.0 cm³/mol. The van der Waals surface area contributed by atoms with Gasteiger partial charge in [0.2, 0.25) is 0 Å². The van der Waals surface area contributed by atoms with Gasteiger partial charge in [-0.15, -0.1) is 0 Å². The Kier molecular flexibility index (Phi) is 7.61. The molecule has 2 aromatic rings. The average molecular weight is 359 g/mol. The van der Waals surface area contributed by atoms with Gasteiger partial charge in [-0.1, -0.05) is 36.4 Å². The van der Waals surface area contributed by atoms with Crippen LogP contribution in [0.4, 0.5) is 4.39 Å². The summed E-state index contributed by atoms with van der Waals surface area (Å²) in [5.41, 5.74) is 0.410. The van der Waals surface area contributed by atoms with Gasteiger partial charge in [-0.05, 0) is 24.6 Å². The summed E-state index contributed by atoms with van der Waals surface area (Å²) in [5.74, 6) is -0.482. The van der Waals surface area contributed by atoms with Crippen molar-refractivity contribution in [1.82, 2.24) is 4.90 Å². The Morgan fingerprint density at radius 2 is 1.73 bits per heavy atom. The lowest BCUT2D eigenvalue weighted by Gasteiger charge is -2.17. The first-order valence-corrected chi connectivity index (χ1v) is 8.37. The van der Waals surface area contributed by atoms with Crippen LogP contribution in [0.3, 0.4) is 0 Å². The number of hydrogen-bond acceptors (Lipinski definition) is 4. The quantitative estimate of drug-likeness (QED) is 0.510. The summed E-state index contributed by atoms with van der Waals surface area (Å²) < 4.78 is 24.0. The van der Waals surface area contributed by atoms with E-state index in [2.05, 4.69) is 0 Å². The first-order chi connectivity index (χ1) is 12.6. The minimum absolute atomic E-state index is 0.119. The number of hydrogen-bond donors (Lipinski definition) is 0. The van der Waals surface area contributed by atoms with Crippen LogP contribution in [0.2, 0.25) is 0 Å². The van der Waals surface area contributed by atoms with E-state index in [0.717, 1.165) is 5.75 Å². The molecule has 0 aromatic heterocycles. The lowest BCUT2D eigenvalue weighted by Crippen LogP contribution is -2.31. The second-order valence-corrected chi connectivity index (χ2v) is 5.77. The van der Waals surface area contributed by atoms with Gasteiger partial charge in [0.1, 0.15) is 11.6 Å². The van der Waals surface area contributed by atoms with Gasteiger partial charge in [0.15, 0.2) is 6.61 Å². The number of carbonyl (C=O) groups excluding carboxylic acids is 2. The number of rotatable bonds is 9. The molecule has 0 fully saturated rings. The van der Waals surface area contributed by atoms with Gasteiger partial charge in [-0.2, -0.15) is 0 Å². The lowest BCUT2D eigenvalue weighted by atomic mass is 10.2. The first-order valence-electron chi connectivity index (χ1n) is 8.37. The molecule has 0 radical (unpaired) electrons. The van der Waals surface area contributed by atoms with Crippen LogP contribution in [0.1, 0.15) is 18.4 Å². The van der Waals surface area contributed by atoms with E-state index in [4.69, 9.17) is 9.47 Å². The Morgan fingerprint density at radius 1 is 1.04 bits per heavy atom. The number of halogens is 1. The van der Waals surface area contributed by atoms with Crippen LogP contribution >= 0.6 is 0 Å². The number of para-hydroxylation sites is 1. The number of ether oxygens (including phenoxy) is 2. The van der Waals surface area contributed by atoms with Crippen LogP contribution in [-0.2, 0) is 20.9 Å². The van der Waals surface area contributed by atoms with Crippen LogP contribution < -0.4 is 4.74 Å². The highest BCUT2D eigenvalue weighted by Crippen LogP contribution is 2.10. The van der Waals surface area contributed by atoms with E-state index in [9.17, 15) is 14.0 Å². The number of carbonyl (C=O) groups is 2. The summed E-state index contributed by atoms with van der Waals surface area (Å²) in [7, 11) is 1.54. The van der Waals surface area contributed by atoms with Gasteiger partial charge in [0, 0.05) is 25.6 Å². The van der Waals surface area contributed by atoms with E-state index in [1.54, 1.807) is 18.2 Å². The topological polar surface area (TPSA) is 55.8 Å². The van der Waals surface area contributed by atoms with Crippen molar-refractivity contribution in [1.29, 1.82) is 0 Å². The Bertz CT molecular complexity index is 721. The zero-order valence-corrected chi connectivity index (χ0v) is 14.7. The molecule has 26 heavy (non-hydrogen) atoms. The molecule has 5 nitrogen and oxygen atoms in total. The molecule has 0 N–H and O–H groups in total. The third-order valence-electron chi connectivity index (χ3n) is 3.68. The van der Waals surface area contributed by atoms with E-state index in [1.165, 1.54) is 18.0 Å². The molecule has 6 heteroatoms. The number of benzene rings is 2. The molecule has 2 rings (SSSR count). The molecular formula is C20H22FNO4. The third kappa shape index (κ3) is 6.55. The summed E-state index contributed by atoms with van der Waals surface area (Å²) in [4.78, 5) is 25.0.